The minimum atomic E-state index is -0.440. The van der Waals surface area contributed by atoms with E-state index < -0.39 is 6.10 Å². The molecule has 35 heavy (non-hydrogen) atoms. The molecule has 0 bridgehead atoms. The second-order valence-electron chi connectivity index (χ2n) is 7.95. The molecule has 2 N–H and O–H groups in total. The van der Waals surface area contributed by atoms with E-state index in [1.165, 1.54) is 37.9 Å². The van der Waals surface area contributed by atoms with Gasteiger partial charge in [-0.1, -0.05) is 11.8 Å². The number of ether oxygens (including phenoxy) is 2. The van der Waals surface area contributed by atoms with Crippen LogP contribution in [0.1, 0.15) is 45.7 Å². The number of halogens is 1. The van der Waals surface area contributed by atoms with E-state index in [0.717, 1.165) is 0 Å². The fourth-order valence-corrected chi connectivity index (χ4v) is 4.19. The minimum Gasteiger partial charge on any atom is -0.495 e. The van der Waals surface area contributed by atoms with Crippen molar-refractivity contribution in [1.29, 1.82) is 0 Å². The third kappa shape index (κ3) is 6.95. The van der Waals surface area contributed by atoms with Crippen LogP contribution in [0.5, 0.6) is 11.5 Å². The Kier molecular flexibility index (Phi) is 8.69. The van der Waals surface area contributed by atoms with Crippen molar-refractivity contribution in [3.8, 4) is 11.5 Å². The summed E-state index contributed by atoms with van der Waals surface area (Å²) in [5.74, 6) is 0.870. The number of carbonyl (C=O) groups excluding carboxylic acids is 2. The fourth-order valence-electron chi connectivity index (χ4n) is 3.32. The number of nitrogens with one attached hydrogen (secondary N) is 2. The van der Waals surface area contributed by atoms with E-state index in [0.29, 0.717) is 33.9 Å². The number of methoxy groups -OCH3 is 1. The highest BCUT2D eigenvalue weighted by atomic mass is 32.2. The highest BCUT2D eigenvalue weighted by Crippen LogP contribution is 2.29. The Morgan fingerprint density at radius 2 is 1.80 bits per heavy atom. The van der Waals surface area contributed by atoms with Gasteiger partial charge in [-0.15, -0.1) is 10.2 Å². The summed E-state index contributed by atoms with van der Waals surface area (Å²) < 4.78 is 26.2. The zero-order chi connectivity index (χ0) is 25.5. The second kappa shape index (κ2) is 11.7. The van der Waals surface area contributed by atoms with Crippen molar-refractivity contribution in [2.75, 3.05) is 23.5 Å². The molecule has 3 rings (SSSR count). The molecule has 0 saturated carbocycles. The molecule has 11 heteroatoms. The van der Waals surface area contributed by atoms with E-state index in [1.807, 2.05) is 25.3 Å². The molecule has 0 aliphatic heterocycles. The van der Waals surface area contributed by atoms with Crippen molar-refractivity contribution in [2.45, 2.75) is 45.0 Å². The fraction of sp³-hybridized carbons (Fsp3) is 0.333. The molecule has 186 valence electrons. The minimum absolute atomic E-state index is 0.0200. The first kappa shape index (κ1) is 26.0. The molecular weight excluding hydrogens is 473 g/mol. The maximum atomic E-state index is 13.2. The Labute approximate surface area is 207 Å². The van der Waals surface area contributed by atoms with E-state index >= 15 is 0 Å². The van der Waals surface area contributed by atoms with Gasteiger partial charge in [-0.2, -0.15) is 0 Å². The van der Waals surface area contributed by atoms with Crippen LogP contribution in [-0.4, -0.2) is 39.4 Å². The third-order valence-electron chi connectivity index (χ3n) is 4.82. The average Bonchev–Trinajstić information content (AvgIpc) is 3.24. The lowest BCUT2D eigenvalue weighted by Gasteiger charge is -2.19. The molecule has 0 saturated heterocycles. The SMILES string of the molecule is COc1ccc(NC(=O)CSc2nnc(C(C)Oc3ccc(F)cc3)n2C(C)C)cc1NC(C)=O. The molecule has 1 heterocycles. The third-order valence-corrected chi connectivity index (χ3v) is 5.77. The van der Waals surface area contributed by atoms with E-state index in [4.69, 9.17) is 9.47 Å². The quantitative estimate of drug-likeness (QED) is 0.383. The Balaban J connectivity index is 1.67. The zero-order valence-corrected chi connectivity index (χ0v) is 21.0. The van der Waals surface area contributed by atoms with Gasteiger partial charge in [0, 0.05) is 18.7 Å². The highest BCUT2D eigenvalue weighted by molar-refractivity contribution is 7.99. The molecule has 2 amide bonds. The van der Waals surface area contributed by atoms with Crippen LogP contribution in [0.15, 0.2) is 47.6 Å². The summed E-state index contributed by atoms with van der Waals surface area (Å²) >= 11 is 1.25. The predicted octanol–water partition coefficient (Wildman–Crippen LogP) is 4.84. The first-order valence-electron chi connectivity index (χ1n) is 10.9. The van der Waals surface area contributed by atoms with Crippen LogP contribution >= 0.6 is 11.8 Å². The lowest BCUT2D eigenvalue weighted by molar-refractivity contribution is -0.114. The Bertz CT molecular complexity index is 1180. The molecule has 9 nitrogen and oxygen atoms in total. The smallest absolute Gasteiger partial charge is 0.234 e. The van der Waals surface area contributed by atoms with Crippen LogP contribution in [-0.2, 0) is 9.59 Å². The van der Waals surface area contributed by atoms with Gasteiger partial charge in [0.2, 0.25) is 11.8 Å². The summed E-state index contributed by atoms with van der Waals surface area (Å²) in [5.41, 5.74) is 0.984. The number of nitrogens with zero attached hydrogens (tertiary/aromatic N) is 3. The molecule has 1 aromatic heterocycles. The van der Waals surface area contributed by atoms with Crippen molar-refractivity contribution in [1.82, 2.24) is 14.8 Å². The molecule has 2 aromatic carbocycles. The van der Waals surface area contributed by atoms with Crippen molar-refractivity contribution in [2.24, 2.45) is 0 Å². The number of benzene rings is 2. The predicted molar refractivity (Wildman–Crippen MR) is 133 cm³/mol. The van der Waals surface area contributed by atoms with Gasteiger partial charge in [0.05, 0.1) is 18.6 Å². The molecule has 0 aliphatic carbocycles. The molecular formula is C24H28FN5O4S. The van der Waals surface area contributed by atoms with E-state index in [1.54, 1.807) is 30.3 Å². The van der Waals surface area contributed by atoms with E-state index in [9.17, 15) is 14.0 Å². The van der Waals surface area contributed by atoms with Gasteiger partial charge < -0.3 is 24.7 Å². The van der Waals surface area contributed by atoms with E-state index in [2.05, 4.69) is 20.8 Å². The molecule has 0 spiro atoms. The topological polar surface area (TPSA) is 107 Å². The van der Waals surface area contributed by atoms with Crippen LogP contribution in [0.2, 0.25) is 0 Å². The Morgan fingerprint density at radius 3 is 2.43 bits per heavy atom. The average molecular weight is 502 g/mol. The Morgan fingerprint density at radius 1 is 1.09 bits per heavy atom. The number of anilines is 2. The van der Waals surface area contributed by atoms with E-state index in [-0.39, 0.29) is 29.4 Å². The lowest BCUT2D eigenvalue weighted by atomic mass is 10.2. The van der Waals surface area contributed by atoms with Crippen LogP contribution in [0.3, 0.4) is 0 Å². The van der Waals surface area contributed by atoms with Crippen LogP contribution < -0.4 is 20.1 Å². The largest absolute Gasteiger partial charge is 0.495 e. The summed E-state index contributed by atoms with van der Waals surface area (Å²) in [5, 5.41) is 14.6. The zero-order valence-electron chi connectivity index (χ0n) is 20.2. The molecule has 0 radical (unpaired) electrons. The molecule has 0 fully saturated rings. The summed E-state index contributed by atoms with van der Waals surface area (Å²) in [4.78, 5) is 24.0. The number of rotatable bonds is 10. The van der Waals surface area contributed by atoms with Gasteiger partial charge in [0.25, 0.3) is 0 Å². The summed E-state index contributed by atoms with van der Waals surface area (Å²) in [6.45, 7) is 7.21. The number of amides is 2. The molecule has 0 aliphatic rings. The number of aromatic nitrogens is 3. The van der Waals surface area contributed by atoms with Crippen LogP contribution in [0, 0.1) is 5.82 Å². The first-order chi connectivity index (χ1) is 16.7. The molecule has 3 aromatic rings. The number of hydrogen-bond donors (Lipinski definition) is 2. The van der Waals surface area contributed by atoms with Gasteiger partial charge >= 0.3 is 0 Å². The summed E-state index contributed by atoms with van der Waals surface area (Å²) in [7, 11) is 1.50. The highest BCUT2D eigenvalue weighted by Gasteiger charge is 2.22. The van der Waals surface area contributed by atoms with Gasteiger partial charge in [-0.3, -0.25) is 9.59 Å². The monoisotopic (exact) mass is 501 g/mol. The van der Waals surface area contributed by atoms with Crippen molar-refractivity contribution < 1.29 is 23.5 Å². The van der Waals surface area contributed by atoms with Gasteiger partial charge in [-0.05, 0) is 63.2 Å². The maximum Gasteiger partial charge on any atom is 0.234 e. The van der Waals surface area contributed by atoms with Gasteiger partial charge in [-0.25, -0.2) is 4.39 Å². The van der Waals surface area contributed by atoms with Crippen molar-refractivity contribution in [3.05, 3.63) is 54.1 Å². The standard InChI is InChI=1S/C24H28FN5O4S/c1-14(2)30-23(15(3)34-19-9-6-17(25)7-10-19)28-29-24(30)35-13-22(32)27-18-8-11-21(33-5)20(12-18)26-16(4)31/h6-12,14-15H,13H2,1-5H3,(H,26,31)(H,27,32). The van der Waals surface area contributed by atoms with Crippen LogP contribution in [0.4, 0.5) is 15.8 Å². The van der Waals surface area contributed by atoms with Crippen molar-refractivity contribution >= 4 is 35.0 Å². The number of hydrogen-bond acceptors (Lipinski definition) is 7. The number of carbonyl (C=O) groups is 2. The van der Waals surface area contributed by atoms with Gasteiger partial charge in [0.1, 0.15) is 17.3 Å². The summed E-state index contributed by atoms with van der Waals surface area (Å²) in [6, 6.07) is 10.8. The van der Waals surface area contributed by atoms with Crippen molar-refractivity contribution in [3.63, 3.8) is 0 Å². The molecule has 1 unspecified atom stereocenters. The Hall–Kier alpha value is -3.60. The second-order valence-corrected chi connectivity index (χ2v) is 8.89. The number of thioether (sulfide) groups is 1. The lowest BCUT2D eigenvalue weighted by Crippen LogP contribution is -2.17. The van der Waals surface area contributed by atoms with Crippen LogP contribution in [0.25, 0.3) is 0 Å². The first-order valence-corrected chi connectivity index (χ1v) is 11.9. The normalized spacial score (nSPS) is 11.7. The maximum absolute atomic E-state index is 13.2. The van der Waals surface area contributed by atoms with Gasteiger partial charge in [0.15, 0.2) is 17.1 Å². The summed E-state index contributed by atoms with van der Waals surface area (Å²) in [6.07, 6.45) is -0.440. The molecule has 1 atom stereocenters.